The number of hydrogen-bond acceptors (Lipinski definition) is 5. The zero-order chi connectivity index (χ0) is 30.5. The van der Waals surface area contributed by atoms with Crippen molar-refractivity contribution in [3.05, 3.63) is 0 Å². The normalized spacial score (nSPS) is 15.4. The van der Waals surface area contributed by atoms with Crippen LogP contribution in [0.1, 0.15) is 188 Å². The molecule has 0 aromatic rings. The first-order valence-corrected chi connectivity index (χ1v) is 18.7. The van der Waals surface area contributed by atoms with E-state index in [1.54, 1.807) is 0 Å². The van der Waals surface area contributed by atoms with Crippen molar-refractivity contribution in [2.45, 2.75) is 194 Å². The third-order valence-electron chi connectivity index (χ3n) is 9.15. The van der Waals surface area contributed by atoms with Crippen LogP contribution in [0.15, 0.2) is 0 Å². The lowest BCUT2D eigenvalue weighted by Crippen LogP contribution is -2.34. The number of esters is 2. The van der Waals surface area contributed by atoms with Gasteiger partial charge in [-0.1, -0.05) is 124 Å². The molecule has 1 aliphatic rings. The molecule has 1 aliphatic heterocycles. The standard InChI is InChI=1S/C37H71NO4/c1-4-7-10-12-13-16-20-25-35(42-37(40)34-28-30-38-31-29-34)26-21-17-14-15-18-22-27-36(39)41-32-33(23-9-6-3)24-19-11-8-5-2/h33-35,38H,4-32H2,1-3H3. The molecule has 1 heterocycles. The fraction of sp³-hybridized carbons (Fsp3) is 0.946. The van der Waals surface area contributed by atoms with Gasteiger partial charge in [-0.2, -0.15) is 0 Å². The second-order valence-electron chi connectivity index (χ2n) is 13.2. The molecular formula is C37H71NO4. The van der Waals surface area contributed by atoms with Gasteiger partial charge in [0.05, 0.1) is 12.5 Å². The van der Waals surface area contributed by atoms with Crippen molar-refractivity contribution < 1.29 is 19.1 Å². The van der Waals surface area contributed by atoms with Crippen molar-refractivity contribution in [2.75, 3.05) is 19.7 Å². The van der Waals surface area contributed by atoms with Crippen LogP contribution >= 0.6 is 0 Å². The third kappa shape index (κ3) is 22.4. The molecule has 2 unspecified atom stereocenters. The van der Waals surface area contributed by atoms with Crippen molar-refractivity contribution in [1.82, 2.24) is 5.32 Å². The van der Waals surface area contributed by atoms with Gasteiger partial charge in [-0.05, 0) is 76.8 Å². The predicted octanol–water partition coefficient (Wildman–Crippen LogP) is 10.5. The molecule has 0 saturated carbocycles. The van der Waals surface area contributed by atoms with E-state index in [9.17, 15) is 9.59 Å². The second kappa shape index (κ2) is 28.7. The van der Waals surface area contributed by atoms with Crippen LogP contribution in [0, 0.1) is 11.8 Å². The topological polar surface area (TPSA) is 64.6 Å². The average Bonchev–Trinajstić information content (AvgIpc) is 3.01. The van der Waals surface area contributed by atoms with Gasteiger partial charge < -0.3 is 14.8 Å². The second-order valence-corrected chi connectivity index (χ2v) is 13.2. The Morgan fingerprint density at radius 1 is 0.619 bits per heavy atom. The Morgan fingerprint density at radius 3 is 1.69 bits per heavy atom. The molecule has 0 spiro atoms. The Bertz CT molecular complexity index is 619. The lowest BCUT2D eigenvalue weighted by molar-refractivity contribution is -0.155. The van der Waals surface area contributed by atoms with Gasteiger partial charge in [0, 0.05) is 6.42 Å². The molecule has 0 aromatic carbocycles. The zero-order valence-corrected chi connectivity index (χ0v) is 28.4. The fourth-order valence-corrected chi connectivity index (χ4v) is 6.20. The SMILES string of the molecule is CCCCCCCCCC(CCCCCCCCC(=O)OCC(CCCC)CCCCCC)OC(=O)C1CCNCC1. The van der Waals surface area contributed by atoms with Crippen molar-refractivity contribution >= 4 is 11.9 Å². The molecule has 42 heavy (non-hydrogen) atoms. The Balaban J connectivity index is 2.20. The summed E-state index contributed by atoms with van der Waals surface area (Å²) in [5.41, 5.74) is 0. The van der Waals surface area contributed by atoms with Crippen LogP contribution in [0.5, 0.6) is 0 Å². The molecule has 1 rings (SSSR count). The maximum absolute atomic E-state index is 12.8. The highest BCUT2D eigenvalue weighted by Gasteiger charge is 2.25. The van der Waals surface area contributed by atoms with Crippen LogP contribution in [0.25, 0.3) is 0 Å². The average molecular weight is 594 g/mol. The van der Waals surface area contributed by atoms with Crippen molar-refractivity contribution in [2.24, 2.45) is 11.8 Å². The highest BCUT2D eigenvalue weighted by atomic mass is 16.5. The van der Waals surface area contributed by atoms with Gasteiger partial charge in [0.25, 0.3) is 0 Å². The first-order valence-electron chi connectivity index (χ1n) is 18.7. The van der Waals surface area contributed by atoms with Crippen LogP contribution < -0.4 is 5.32 Å². The van der Waals surface area contributed by atoms with Crippen LogP contribution in [0.3, 0.4) is 0 Å². The van der Waals surface area contributed by atoms with Crippen LogP contribution in [0.4, 0.5) is 0 Å². The molecule has 5 heteroatoms. The smallest absolute Gasteiger partial charge is 0.309 e. The molecule has 1 N–H and O–H groups in total. The Labute approximate surface area is 261 Å². The highest BCUT2D eigenvalue weighted by Crippen LogP contribution is 2.22. The summed E-state index contributed by atoms with van der Waals surface area (Å²) in [5.74, 6) is 0.667. The molecule has 5 nitrogen and oxygen atoms in total. The van der Waals surface area contributed by atoms with E-state index in [0.29, 0.717) is 18.9 Å². The molecule has 1 fully saturated rings. The molecule has 0 amide bonds. The van der Waals surface area contributed by atoms with E-state index in [4.69, 9.17) is 9.47 Å². The summed E-state index contributed by atoms with van der Waals surface area (Å²) in [5, 5.41) is 3.35. The molecular weight excluding hydrogens is 522 g/mol. The monoisotopic (exact) mass is 594 g/mol. The molecule has 0 radical (unpaired) electrons. The minimum Gasteiger partial charge on any atom is -0.465 e. The largest absolute Gasteiger partial charge is 0.465 e. The molecule has 1 saturated heterocycles. The number of carbonyl (C=O) groups is 2. The van der Waals surface area contributed by atoms with E-state index in [0.717, 1.165) is 58.0 Å². The first kappa shape index (κ1) is 38.9. The summed E-state index contributed by atoms with van der Waals surface area (Å²) in [4.78, 5) is 25.1. The predicted molar refractivity (Wildman–Crippen MR) is 178 cm³/mol. The third-order valence-corrected chi connectivity index (χ3v) is 9.15. The Hall–Kier alpha value is -1.10. The van der Waals surface area contributed by atoms with Crippen LogP contribution in [-0.2, 0) is 19.1 Å². The van der Waals surface area contributed by atoms with Gasteiger partial charge >= 0.3 is 11.9 Å². The number of ether oxygens (including phenoxy) is 2. The van der Waals surface area contributed by atoms with E-state index in [1.165, 1.54) is 116 Å². The van der Waals surface area contributed by atoms with Crippen molar-refractivity contribution in [1.29, 1.82) is 0 Å². The zero-order valence-electron chi connectivity index (χ0n) is 28.4. The quantitative estimate of drug-likeness (QED) is 0.0690. The maximum atomic E-state index is 12.8. The van der Waals surface area contributed by atoms with Gasteiger partial charge in [0.15, 0.2) is 0 Å². The van der Waals surface area contributed by atoms with E-state index in [2.05, 4.69) is 26.1 Å². The summed E-state index contributed by atoms with van der Waals surface area (Å²) < 4.78 is 11.8. The molecule has 0 aromatic heterocycles. The number of unbranched alkanes of at least 4 members (excludes halogenated alkanes) is 15. The number of hydrogen-bond donors (Lipinski definition) is 1. The lowest BCUT2D eigenvalue weighted by Gasteiger charge is -2.25. The minimum absolute atomic E-state index is 0.00572. The fourth-order valence-electron chi connectivity index (χ4n) is 6.20. The summed E-state index contributed by atoms with van der Waals surface area (Å²) in [6.45, 7) is 9.23. The summed E-state index contributed by atoms with van der Waals surface area (Å²) in [6, 6.07) is 0. The van der Waals surface area contributed by atoms with Gasteiger partial charge in [-0.3, -0.25) is 9.59 Å². The van der Waals surface area contributed by atoms with Crippen molar-refractivity contribution in [3.8, 4) is 0 Å². The van der Waals surface area contributed by atoms with Crippen molar-refractivity contribution in [3.63, 3.8) is 0 Å². The van der Waals surface area contributed by atoms with Crippen LogP contribution in [0.2, 0.25) is 0 Å². The van der Waals surface area contributed by atoms with Crippen LogP contribution in [-0.4, -0.2) is 37.7 Å². The van der Waals surface area contributed by atoms with Gasteiger partial charge in [-0.15, -0.1) is 0 Å². The van der Waals surface area contributed by atoms with E-state index >= 15 is 0 Å². The van der Waals surface area contributed by atoms with E-state index in [-0.39, 0.29) is 24.0 Å². The molecule has 248 valence electrons. The van der Waals surface area contributed by atoms with E-state index in [1.807, 2.05) is 0 Å². The minimum atomic E-state index is -0.00572. The lowest BCUT2D eigenvalue weighted by atomic mass is 9.96. The molecule has 2 atom stereocenters. The number of carbonyl (C=O) groups excluding carboxylic acids is 2. The first-order chi connectivity index (χ1) is 20.6. The number of nitrogens with one attached hydrogen (secondary N) is 1. The van der Waals surface area contributed by atoms with E-state index < -0.39 is 0 Å². The Kier molecular flexibility index (Phi) is 26.6. The Morgan fingerprint density at radius 2 is 1.10 bits per heavy atom. The summed E-state index contributed by atoms with van der Waals surface area (Å²) >= 11 is 0. The van der Waals surface area contributed by atoms with Gasteiger partial charge in [0.2, 0.25) is 0 Å². The van der Waals surface area contributed by atoms with Gasteiger partial charge in [0.1, 0.15) is 6.10 Å². The molecule has 0 aliphatic carbocycles. The summed E-state index contributed by atoms with van der Waals surface area (Å²) in [7, 11) is 0. The highest BCUT2D eigenvalue weighted by molar-refractivity contribution is 5.72. The maximum Gasteiger partial charge on any atom is 0.309 e. The van der Waals surface area contributed by atoms with Gasteiger partial charge in [-0.25, -0.2) is 0 Å². The number of rotatable bonds is 29. The number of piperidine rings is 1. The molecule has 0 bridgehead atoms. The summed E-state index contributed by atoms with van der Waals surface area (Å²) in [6.07, 6.45) is 30.2.